The molecule has 0 bridgehead atoms. The summed E-state index contributed by atoms with van der Waals surface area (Å²) in [7, 11) is 1.60. The number of hydrogen-bond donors (Lipinski definition) is 1. The Balaban J connectivity index is 2.27. The highest BCUT2D eigenvalue weighted by molar-refractivity contribution is 6.33. The topological polar surface area (TPSA) is 45.2 Å². The van der Waals surface area contributed by atoms with E-state index in [1.54, 1.807) is 7.05 Å². The van der Waals surface area contributed by atoms with Crippen molar-refractivity contribution in [2.75, 3.05) is 18.9 Å². The number of nitrogens with zero attached hydrogens (tertiary/aromatic N) is 2. The summed E-state index contributed by atoms with van der Waals surface area (Å²) in [5.41, 5.74) is 0.0298. The van der Waals surface area contributed by atoms with E-state index in [4.69, 9.17) is 11.6 Å². The predicted octanol–water partition coefficient (Wildman–Crippen LogP) is 2.94. The maximum absolute atomic E-state index is 12.6. The van der Waals surface area contributed by atoms with E-state index in [2.05, 4.69) is 10.3 Å². The molecule has 0 aromatic carbocycles. The molecule has 0 spiro atoms. The van der Waals surface area contributed by atoms with Gasteiger partial charge in [-0.2, -0.15) is 13.2 Å². The molecule has 1 heterocycles. The van der Waals surface area contributed by atoms with E-state index in [1.165, 1.54) is 12.3 Å². The van der Waals surface area contributed by atoms with Crippen molar-refractivity contribution in [2.45, 2.75) is 25.1 Å². The van der Waals surface area contributed by atoms with Gasteiger partial charge in [0.25, 0.3) is 5.91 Å². The van der Waals surface area contributed by atoms with Crippen molar-refractivity contribution in [1.82, 2.24) is 9.88 Å². The van der Waals surface area contributed by atoms with Crippen molar-refractivity contribution in [1.29, 1.82) is 0 Å². The third-order valence-electron chi connectivity index (χ3n) is 2.94. The number of halogens is 4. The van der Waals surface area contributed by atoms with Crippen LogP contribution in [0.2, 0.25) is 5.02 Å². The largest absolute Gasteiger partial charge is 0.406 e. The lowest BCUT2D eigenvalue weighted by Crippen LogP contribution is -2.40. The normalized spacial score (nSPS) is 15.1. The van der Waals surface area contributed by atoms with Crippen LogP contribution in [0, 0.1) is 0 Å². The highest BCUT2D eigenvalue weighted by atomic mass is 35.5. The summed E-state index contributed by atoms with van der Waals surface area (Å²) >= 11 is 5.87. The van der Waals surface area contributed by atoms with Gasteiger partial charge in [-0.3, -0.25) is 4.79 Å². The number of pyridine rings is 1. The molecule has 1 aliphatic carbocycles. The molecule has 0 saturated heterocycles. The van der Waals surface area contributed by atoms with E-state index in [0.717, 1.165) is 4.90 Å². The fourth-order valence-corrected chi connectivity index (χ4v) is 2.02. The zero-order valence-electron chi connectivity index (χ0n) is 10.7. The molecule has 1 amide bonds. The number of carbonyl (C=O) groups is 1. The van der Waals surface area contributed by atoms with Gasteiger partial charge in [0.05, 0.1) is 10.6 Å². The average Bonchev–Trinajstić information content (AvgIpc) is 3.19. The summed E-state index contributed by atoms with van der Waals surface area (Å²) in [5, 5.41) is 2.76. The van der Waals surface area contributed by atoms with Crippen molar-refractivity contribution < 1.29 is 18.0 Å². The van der Waals surface area contributed by atoms with Crippen LogP contribution < -0.4 is 5.32 Å². The van der Waals surface area contributed by atoms with Gasteiger partial charge in [-0.1, -0.05) is 11.6 Å². The molecule has 8 heteroatoms. The Labute approximate surface area is 118 Å². The number of rotatable bonds is 4. The zero-order chi connectivity index (χ0) is 14.9. The molecule has 1 aliphatic rings. The maximum Gasteiger partial charge on any atom is 0.406 e. The molecule has 0 radical (unpaired) electrons. The predicted molar refractivity (Wildman–Crippen MR) is 68.9 cm³/mol. The SMILES string of the molecule is CNc1cc(C(=O)N(CC(F)(F)F)C2CC2)c(Cl)cn1. The number of carbonyl (C=O) groups excluding carboxylic acids is 1. The summed E-state index contributed by atoms with van der Waals surface area (Å²) in [4.78, 5) is 17.0. The molecule has 1 saturated carbocycles. The fourth-order valence-electron chi connectivity index (χ4n) is 1.84. The first-order chi connectivity index (χ1) is 9.31. The van der Waals surface area contributed by atoms with Crippen molar-refractivity contribution >= 4 is 23.3 Å². The van der Waals surface area contributed by atoms with Crippen LogP contribution >= 0.6 is 11.6 Å². The first-order valence-electron chi connectivity index (χ1n) is 6.03. The second-order valence-electron chi connectivity index (χ2n) is 4.58. The standard InChI is InChI=1S/C12H13ClF3N3O/c1-17-10-4-8(9(13)5-18-10)11(20)19(7-2-3-7)6-12(14,15)16/h4-5,7H,2-3,6H2,1H3,(H,17,18). The Morgan fingerprint density at radius 3 is 2.70 bits per heavy atom. The van der Waals surface area contributed by atoms with Gasteiger partial charge in [0.15, 0.2) is 0 Å². The highest BCUT2D eigenvalue weighted by Crippen LogP contribution is 2.32. The van der Waals surface area contributed by atoms with Gasteiger partial charge in [0.1, 0.15) is 12.4 Å². The van der Waals surface area contributed by atoms with Crippen LogP contribution in [-0.4, -0.2) is 41.6 Å². The van der Waals surface area contributed by atoms with Crippen LogP contribution in [0.1, 0.15) is 23.2 Å². The van der Waals surface area contributed by atoms with Crippen molar-refractivity contribution in [3.05, 3.63) is 22.8 Å². The number of hydrogen-bond acceptors (Lipinski definition) is 3. The van der Waals surface area contributed by atoms with E-state index in [0.29, 0.717) is 18.7 Å². The Kier molecular flexibility index (Phi) is 4.08. The van der Waals surface area contributed by atoms with Crippen molar-refractivity contribution in [3.63, 3.8) is 0 Å². The van der Waals surface area contributed by atoms with Gasteiger partial charge in [-0.25, -0.2) is 4.98 Å². The van der Waals surface area contributed by atoms with Crippen molar-refractivity contribution in [2.24, 2.45) is 0 Å². The number of alkyl halides is 3. The molecule has 0 aliphatic heterocycles. The summed E-state index contributed by atoms with van der Waals surface area (Å²) in [5.74, 6) is -0.339. The Hall–Kier alpha value is -1.50. The molecule has 2 rings (SSSR count). The van der Waals surface area contributed by atoms with Crippen LogP contribution in [0.5, 0.6) is 0 Å². The first kappa shape index (κ1) is 14.9. The third-order valence-corrected chi connectivity index (χ3v) is 3.24. The molecule has 20 heavy (non-hydrogen) atoms. The monoisotopic (exact) mass is 307 g/mol. The molecule has 1 aromatic rings. The molecule has 0 unspecified atom stereocenters. The zero-order valence-corrected chi connectivity index (χ0v) is 11.4. The van der Waals surface area contributed by atoms with Crippen LogP contribution in [-0.2, 0) is 0 Å². The summed E-state index contributed by atoms with van der Waals surface area (Å²) in [6.07, 6.45) is -2.00. The second kappa shape index (κ2) is 5.47. The van der Waals surface area contributed by atoms with E-state index in [1.807, 2.05) is 0 Å². The summed E-state index contributed by atoms with van der Waals surface area (Å²) < 4.78 is 37.7. The molecule has 1 aromatic heterocycles. The minimum absolute atomic E-state index is 0.0298. The van der Waals surface area contributed by atoms with Gasteiger partial charge in [-0.15, -0.1) is 0 Å². The number of nitrogens with one attached hydrogen (secondary N) is 1. The first-order valence-corrected chi connectivity index (χ1v) is 6.40. The summed E-state index contributed by atoms with van der Waals surface area (Å²) in [6, 6.07) is 1.00. The van der Waals surface area contributed by atoms with E-state index >= 15 is 0 Å². The molecule has 110 valence electrons. The Morgan fingerprint density at radius 1 is 1.55 bits per heavy atom. The minimum Gasteiger partial charge on any atom is -0.373 e. The Bertz CT molecular complexity index is 517. The molecular weight excluding hydrogens is 295 g/mol. The van der Waals surface area contributed by atoms with Gasteiger partial charge < -0.3 is 10.2 Å². The lowest BCUT2D eigenvalue weighted by atomic mass is 10.2. The van der Waals surface area contributed by atoms with Gasteiger partial charge >= 0.3 is 6.18 Å². The van der Waals surface area contributed by atoms with Gasteiger partial charge in [0, 0.05) is 19.3 Å². The van der Waals surface area contributed by atoms with Crippen molar-refractivity contribution in [3.8, 4) is 0 Å². The van der Waals surface area contributed by atoms with E-state index < -0.39 is 18.6 Å². The maximum atomic E-state index is 12.6. The van der Waals surface area contributed by atoms with Crippen LogP contribution in [0.15, 0.2) is 12.3 Å². The molecule has 1 fully saturated rings. The molecule has 0 atom stereocenters. The number of amides is 1. The number of anilines is 1. The van der Waals surface area contributed by atoms with Crippen LogP contribution in [0.3, 0.4) is 0 Å². The second-order valence-corrected chi connectivity index (χ2v) is 4.99. The van der Waals surface area contributed by atoms with Gasteiger partial charge in [0.2, 0.25) is 0 Å². The minimum atomic E-state index is -4.43. The average molecular weight is 308 g/mol. The fraction of sp³-hybridized carbons (Fsp3) is 0.500. The molecule has 4 nitrogen and oxygen atoms in total. The summed E-state index contributed by atoms with van der Waals surface area (Å²) in [6.45, 7) is -1.26. The lowest BCUT2D eigenvalue weighted by Gasteiger charge is -2.24. The van der Waals surface area contributed by atoms with E-state index in [-0.39, 0.29) is 16.6 Å². The van der Waals surface area contributed by atoms with Gasteiger partial charge in [-0.05, 0) is 18.9 Å². The Morgan fingerprint density at radius 2 is 2.20 bits per heavy atom. The van der Waals surface area contributed by atoms with Crippen LogP contribution in [0.4, 0.5) is 19.0 Å². The quantitative estimate of drug-likeness (QED) is 0.930. The highest BCUT2D eigenvalue weighted by Gasteiger charge is 2.41. The third kappa shape index (κ3) is 3.53. The molecular formula is C12H13ClF3N3O. The number of aromatic nitrogens is 1. The lowest BCUT2D eigenvalue weighted by molar-refractivity contribution is -0.141. The molecule has 1 N–H and O–H groups in total. The van der Waals surface area contributed by atoms with Crippen LogP contribution in [0.25, 0.3) is 0 Å². The van der Waals surface area contributed by atoms with E-state index in [9.17, 15) is 18.0 Å². The smallest absolute Gasteiger partial charge is 0.373 e.